The summed E-state index contributed by atoms with van der Waals surface area (Å²) in [5, 5.41) is 5.51. The van der Waals surface area contributed by atoms with Crippen molar-refractivity contribution in [2.45, 2.75) is 21.3 Å². The first-order valence-corrected chi connectivity index (χ1v) is 12.1. The van der Waals surface area contributed by atoms with E-state index in [4.69, 9.17) is 0 Å². The van der Waals surface area contributed by atoms with Gasteiger partial charge in [0.2, 0.25) is 0 Å². The second-order valence-corrected chi connectivity index (χ2v) is 9.35. The van der Waals surface area contributed by atoms with Crippen molar-refractivity contribution in [1.29, 1.82) is 0 Å². The highest BCUT2D eigenvalue weighted by Crippen LogP contribution is 2.38. The summed E-state index contributed by atoms with van der Waals surface area (Å²) in [4.78, 5) is 2.63. The van der Waals surface area contributed by atoms with Crippen molar-refractivity contribution in [2.75, 3.05) is 0 Å². The first kappa shape index (κ1) is 19.3. The maximum Gasteiger partial charge on any atom is 0.0244 e. The van der Waals surface area contributed by atoms with E-state index in [9.17, 15) is 0 Å². The third-order valence-corrected chi connectivity index (χ3v) is 7.48. The van der Waals surface area contributed by atoms with E-state index in [1.807, 2.05) is 23.5 Å². The second kappa shape index (κ2) is 8.99. The van der Waals surface area contributed by atoms with E-state index >= 15 is 0 Å². The minimum Gasteiger partial charge on any atom is -0.121 e. The molecule has 0 spiro atoms. The summed E-state index contributed by atoms with van der Waals surface area (Å²) in [6.07, 6.45) is 0. The Morgan fingerprint density at radius 2 is 0.667 bits per heavy atom. The maximum absolute atomic E-state index is 2.29. The third-order valence-electron chi connectivity index (χ3n) is 5.41. The van der Waals surface area contributed by atoms with Gasteiger partial charge in [-0.3, -0.25) is 0 Å². The molecule has 2 heteroatoms. The molecule has 0 unspecified atom stereocenters. The molecule has 0 saturated carbocycles. The lowest BCUT2D eigenvalue weighted by Gasteiger charge is -2.17. The van der Waals surface area contributed by atoms with Gasteiger partial charge in [-0.15, -0.1) is 23.5 Å². The van der Waals surface area contributed by atoms with Crippen molar-refractivity contribution in [1.82, 2.24) is 0 Å². The van der Waals surface area contributed by atoms with Crippen molar-refractivity contribution in [3.8, 4) is 0 Å². The van der Waals surface area contributed by atoms with Crippen LogP contribution in [0, 0.1) is 0 Å². The molecule has 0 fully saturated rings. The van der Waals surface area contributed by atoms with Gasteiger partial charge in [0.15, 0.2) is 0 Å². The SMILES string of the molecule is c1ccc(SCc2c3ccccc3c(CSc3ccccc3)c3ccccc23)cc1. The molecule has 0 amide bonds. The van der Waals surface area contributed by atoms with E-state index in [-0.39, 0.29) is 0 Å². The van der Waals surface area contributed by atoms with Crippen LogP contribution in [0.25, 0.3) is 21.5 Å². The van der Waals surface area contributed by atoms with Crippen LogP contribution in [0.1, 0.15) is 11.1 Å². The summed E-state index contributed by atoms with van der Waals surface area (Å²) in [6.45, 7) is 0. The van der Waals surface area contributed by atoms with Gasteiger partial charge in [-0.25, -0.2) is 0 Å². The fourth-order valence-electron chi connectivity index (χ4n) is 3.96. The Kier molecular flexibility index (Phi) is 5.78. The van der Waals surface area contributed by atoms with Crippen molar-refractivity contribution in [3.05, 3.63) is 120 Å². The largest absolute Gasteiger partial charge is 0.121 e. The van der Waals surface area contributed by atoms with Gasteiger partial charge >= 0.3 is 0 Å². The van der Waals surface area contributed by atoms with Crippen molar-refractivity contribution in [3.63, 3.8) is 0 Å². The molecule has 0 aliphatic rings. The molecule has 146 valence electrons. The molecule has 0 N–H and O–H groups in total. The van der Waals surface area contributed by atoms with Crippen LogP contribution >= 0.6 is 23.5 Å². The zero-order valence-electron chi connectivity index (χ0n) is 16.6. The van der Waals surface area contributed by atoms with Crippen LogP contribution in [0.2, 0.25) is 0 Å². The molecule has 0 radical (unpaired) electrons. The standard InChI is InChI=1S/C28H22S2/c1-3-11-21(12-4-1)29-19-27-23-15-7-9-17-25(23)28(26-18-10-8-16-24(26)27)20-30-22-13-5-2-6-14-22/h1-18H,19-20H2. The third kappa shape index (κ3) is 3.98. The topological polar surface area (TPSA) is 0 Å². The predicted molar refractivity (Wildman–Crippen MR) is 133 cm³/mol. The molecule has 0 atom stereocenters. The Hall–Kier alpha value is -2.68. The molecule has 0 aliphatic carbocycles. The van der Waals surface area contributed by atoms with Gasteiger partial charge in [0, 0.05) is 21.3 Å². The Morgan fingerprint density at radius 3 is 1.00 bits per heavy atom. The zero-order chi connectivity index (χ0) is 20.2. The van der Waals surface area contributed by atoms with Gasteiger partial charge < -0.3 is 0 Å². The molecule has 0 aliphatic heterocycles. The van der Waals surface area contributed by atoms with Crippen LogP contribution in [-0.4, -0.2) is 0 Å². The molecule has 0 bridgehead atoms. The first-order chi connectivity index (χ1) is 14.9. The molecule has 0 aromatic heterocycles. The van der Waals surface area contributed by atoms with E-state index in [2.05, 4.69) is 109 Å². The lowest BCUT2D eigenvalue weighted by atomic mass is 9.93. The molecular weight excluding hydrogens is 400 g/mol. The van der Waals surface area contributed by atoms with Gasteiger partial charge in [0.1, 0.15) is 0 Å². The van der Waals surface area contributed by atoms with Gasteiger partial charge in [-0.1, -0.05) is 84.9 Å². The van der Waals surface area contributed by atoms with E-state index < -0.39 is 0 Å². The summed E-state index contributed by atoms with van der Waals surface area (Å²) < 4.78 is 0. The van der Waals surface area contributed by atoms with E-state index in [1.165, 1.54) is 42.5 Å². The number of thioether (sulfide) groups is 2. The molecule has 0 nitrogen and oxygen atoms in total. The zero-order valence-corrected chi connectivity index (χ0v) is 18.3. The lowest BCUT2D eigenvalue weighted by Crippen LogP contribution is -1.94. The average Bonchev–Trinajstić information content (AvgIpc) is 2.82. The second-order valence-electron chi connectivity index (χ2n) is 7.25. The number of rotatable bonds is 6. The number of hydrogen-bond acceptors (Lipinski definition) is 2. The van der Waals surface area contributed by atoms with Gasteiger partial charge in [-0.2, -0.15) is 0 Å². The smallest absolute Gasteiger partial charge is 0.0244 e. The van der Waals surface area contributed by atoms with Crippen LogP contribution in [0.4, 0.5) is 0 Å². The predicted octanol–water partition coefficient (Wildman–Crippen LogP) is 8.58. The van der Waals surface area contributed by atoms with Gasteiger partial charge in [0.05, 0.1) is 0 Å². The van der Waals surface area contributed by atoms with Crippen LogP contribution in [0.5, 0.6) is 0 Å². The van der Waals surface area contributed by atoms with Crippen molar-refractivity contribution < 1.29 is 0 Å². The maximum atomic E-state index is 2.29. The molecular formula is C28H22S2. The van der Waals surface area contributed by atoms with Gasteiger partial charge in [0.25, 0.3) is 0 Å². The Bertz CT molecular complexity index is 1120. The van der Waals surface area contributed by atoms with Crippen LogP contribution in [-0.2, 0) is 11.5 Å². The minimum absolute atomic E-state index is 0.969. The molecule has 5 rings (SSSR count). The van der Waals surface area contributed by atoms with Crippen molar-refractivity contribution in [2.24, 2.45) is 0 Å². The highest BCUT2D eigenvalue weighted by molar-refractivity contribution is 7.98. The summed E-state index contributed by atoms with van der Waals surface area (Å²) in [7, 11) is 0. The Balaban J connectivity index is 1.60. The molecule has 5 aromatic carbocycles. The monoisotopic (exact) mass is 422 g/mol. The number of fused-ring (bicyclic) bond motifs is 2. The molecule has 0 saturated heterocycles. The number of hydrogen-bond donors (Lipinski definition) is 0. The molecule has 30 heavy (non-hydrogen) atoms. The Morgan fingerprint density at radius 1 is 0.367 bits per heavy atom. The van der Waals surface area contributed by atoms with Gasteiger partial charge in [-0.05, 0) is 56.9 Å². The van der Waals surface area contributed by atoms with Crippen LogP contribution in [0.3, 0.4) is 0 Å². The van der Waals surface area contributed by atoms with Crippen LogP contribution in [0.15, 0.2) is 119 Å². The fourth-order valence-corrected chi connectivity index (χ4v) is 5.91. The summed E-state index contributed by atoms with van der Waals surface area (Å²) in [6, 6.07) is 39.2. The molecule has 0 heterocycles. The van der Waals surface area contributed by atoms with E-state index in [0.29, 0.717) is 0 Å². The highest BCUT2D eigenvalue weighted by atomic mass is 32.2. The van der Waals surface area contributed by atoms with Crippen molar-refractivity contribution >= 4 is 45.1 Å². The molecule has 5 aromatic rings. The normalized spacial score (nSPS) is 11.2. The summed E-state index contributed by atoms with van der Waals surface area (Å²) >= 11 is 3.83. The van der Waals surface area contributed by atoms with E-state index in [1.54, 1.807) is 0 Å². The van der Waals surface area contributed by atoms with E-state index in [0.717, 1.165) is 11.5 Å². The quantitative estimate of drug-likeness (QED) is 0.198. The first-order valence-electron chi connectivity index (χ1n) is 10.2. The highest BCUT2D eigenvalue weighted by Gasteiger charge is 2.14. The van der Waals surface area contributed by atoms with Crippen LogP contribution < -0.4 is 0 Å². The Labute approximate surface area is 186 Å². The minimum atomic E-state index is 0.969. The lowest BCUT2D eigenvalue weighted by molar-refractivity contribution is 1.40. The summed E-state index contributed by atoms with van der Waals surface area (Å²) in [5.74, 6) is 1.94. The summed E-state index contributed by atoms with van der Waals surface area (Å²) in [5.41, 5.74) is 2.87. The fraction of sp³-hybridized carbons (Fsp3) is 0.0714. The number of benzene rings is 5. The average molecular weight is 423 g/mol.